The number of carbonyl (C=O) groups is 1. The molecular weight excluding hydrogens is 226 g/mol. The van der Waals surface area contributed by atoms with E-state index in [0.717, 1.165) is 38.8 Å². The summed E-state index contributed by atoms with van der Waals surface area (Å²) in [6.45, 7) is 3.83. The predicted octanol–water partition coefficient (Wildman–Crippen LogP) is 2.69. The highest BCUT2D eigenvalue weighted by atomic mass is 16.4. The van der Waals surface area contributed by atoms with Gasteiger partial charge in [0.25, 0.3) is 0 Å². The van der Waals surface area contributed by atoms with Gasteiger partial charge in [-0.3, -0.25) is 9.69 Å². The lowest BCUT2D eigenvalue weighted by atomic mass is 10.1. The van der Waals surface area contributed by atoms with Gasteiger partial charge in [0.2, 0.25) is 0 Å². The summed E-state index contributed by atoms with van der Waals surface area (Å²) in [5, 5.41) is 9.13. The van der Waals surface area contributed by atoms with Crippen molar-refractivity contribution in [3.8, 4) is 0 Å². The van der Waals surface area contributed by atoms with Crippen molar-refractivity contribution in [2.75, 3.05) is 6.54 Å². The number of hydrogen-bond acceptors (Lipinski definition) is 2. The third-order valence-electron chi connectivity index (χ3n) is 3.60. The van der Waals surface area contributed by atoms with E-state index in [9.17, 15) is 4.79 Å². The number of aryl methyl sites for hydroxylation is 1. The summed E-state index contributed by atoms with van der Waals surface area (Å²) < 4.78 is 0. The van der Waals surface area contributed by atoms with Gasteiger partial charge in [-0.1, -0.05) is 37.6 Å². The van der Waals surface area contributed by atoms with E-state index in [-0.39, 0.29) is 6.04 Å². The standard InChI is InChI=1S/C15H21NO2/c1-2-4-12-6-8-13(9-7-12)11-16-10-3-5-14(16)15(17)18/h6-9,14H,2-5,10-11H2,1H3,(H,17,18). The smallest absolute Gasteiger partial charge is 0.320 e. The minimum atomic E-state index is -0.685. The summed E-state index contributed by atoms with van der Waals surface area (Å²) >= 11 is 0. The Kier molecular flexibility index (Phi) is 4.37. The zero-order valence-corrected chi connectivity index (χ0v) is 10.9. The molecule has 3 nitrogen and oxygen atoms in total. The molecule has 1 aromatic carbocycles. The molecule has 2 rings (SSSR count). The fourth-order valence-electron chi connectivity index (χ4n) is 2.63. The molecule has 1 aliphatic rings. The molecule has 0 radical (unpaired) electrons. The molecule has 1 N–H and O–H groups in total. The molecule has 0 spiro atoms. The van der Waals surface area contributed by atoms with Gasteiger partial charge < -0.3 is 5.11 Å². The van der Waals surface area contributed by atoms with Crippen molar-refractivity contribution < 1.29 is 9.90 Å². The van der Waals surface area contributed by atoms with Gasteiger partial charge in [0, 0.05) is 6.54 Å². The Labute approximate surface area is 108 Å². The van der Waals surface area contributed by atoms with Gasteiger partial charge >= 0.3 is 5.97 Å². The number of carboxylic acids is 1. The number of hydrogen-bond donors (Lipinski definition) is 1. The van der Waals surface area contributed by atoms with Gasteiger partial charge in [-0.25, -0.2) is 0 Å². The first-order valence-corrected chi connectivity index (χ1v) is 6.75. The van der Waals surface area contributed by atoms with Gasteiger partial charge in [-0.05, 0) is 36.9 Å². The summed E-state index contributed by atoms with van der Waals surface area (Å²) in [7, 11) is 0. The molecule has 1 fully saturated rings. The molecule has 0 aromatic heterocycles. The lowest BCUT2D eigenvalue weighted by Gasteiger charge is -2.21. The number of rotatable bonds is 5. The average Bonchev–Trinajstić information content (AvgIpc) is 2.80. The van der Waals surface area contributed by atoms with Crippen LogP contribution in [0.1, 0.15) is 37.3 Å². The molecule has 0 bridgehead atoms. The lowest BCUT2D eigenvalue weighted by molar-refractivity contribution is -0.142. The summed E-state index contributed by atoms with van der Waals surface area (Å²) in [5.74, 6) is -0.685. The van der Waals surface area contributed by atoms with E-state index in [2.05, 4.69) is 36.1 Å². The first kappa shape index (κ1) is 13.1. The van der Waals surface area contributed by atoms with E-state index in [1.54, 1.807) is 0 Å². The molecule has 1 heterocycles. The topological polar surface area (TPSA) is 40.5 Å². The second-order valence-corrected chi connectivity index (χ2v) is 5.03. The van der Waals surface area contributed by atoms with Crippen molar-refractivity contribution >= 4 is 5.97 Å². The Morgan fingerprint density at radius 3 is 2.61 bits per heavy atom. The summed E-state index contributed by atoms with van der Waals surface area (Å²) in [6, 6.07) is 8.28. The zero-order chi connectivity index (χ0) is 13.0. The van der Waals surface area contributed by atoms with E-state index in [1.165, 1.54) is 11.1 Å². The highest BCUT2D eigenvalue weighted by Gasteiger charge is 2.30. The number of nitrogens with zero attached hydrogens (tertiary/aromatic N) is 1. The SMILES string of the molecule is CCCc1ccc(CN2CCCC2C(=O)O)cc1. The molecule has 1 aliphatic heterocycles. The fraction of sp³-hybridized carbons (Fsp3) is 0.533. The second kappa shape index (κ2) is 6.01. The van der Waals surface area contributed by atoms with Crippen molar-refractivity contribution in [1.29, 1.82) is 0 Å². The zero-order valence-electron chi connectivity index (χ0n) is 10.9. The van der Waals surface area contributed by atoms with Crippen LogP contribution in [0.2, 0.25) is 0 Å². The van der Waals surface area contributed by atoms with E-state index < -0.39 is 5.97 Å². The van der Waals surface area contributed by atoms with Crippen LogP contribution in [0.4, 0.5) is 0 Å². The molecule has 1 unspecified atom stereocenters. The highest BCUT2D eigenvalue weighted by molar-refractivity contribution is 5.73. The molecule has 0 amide bonds. The third kappa shape index (κ3) is 3.10. The molecule has 0 saturated carbocycles. The maximum Gasteiger partial charge on any atom is 0.320 e. The van der Waals surface area contributed by atoms with Crippen LogP contribution >= 0.6 is 0 Å². The number of carboxylic acid groups (broad SMARTS) is 1. The van der Waals surface area contributed by atoms with Crippen molar-refractivity contribution in [2.45, 2.75) is 45.2 Å². The summed E-state index contributed by atoms with van der Waals surface area (Å²) in [4.78, 5) is 13.2. The fourth-order valence-corrected chi connectivity index (χ4v) is 2.63. The van der Waals surface area contributed by atoms with Crippen molar-refractivity contribution in [3.05, 3.63) is 35.4 Å². The van der Waals surface area contributed by atoms with E-state index in [1.807, 2.05) is 0 Å². The number of likely N-dealkylation sites (tertiary alicyclic amines) is 1. The Morgan fingerprint density at radius 1 is 1.33 bits per heavy atom. The monoisotopic (exact) mass is 247 g/mol. The van der Waals surface area contributed by atoms with Crippen molar-refractivity contribution in [1.82, 2.24) is 4.90 Å². The van der Waals surface area contributed by atoms with Gasteiger partial charge in [0.05, 0.1) is 0 Å². The van der Waals surface area contributed by atoms with Crippen LogP contribution in [0.5, 0.6) is 0 Å². The molecule has 98 valence electrons. The minimum Gasteiger partial charge on any atom is -0.480 e. The van der Waals surface area contributed by atoms with Crippen LogP contribution in [0, 0.1) is 0 Å². The highest BCUT2D eigenvalue weighted by Crippen LogP contribution is 2.20. The number of aliphatic carboxylic acids is 1. The first-order valence-electron chi connectivity index (χ1n) is 6.75. The quantitative estimate of drug-likeness (QED) is 0.869. The van der Waals surface area contributed by atoms with Crippen LogP contribution in [0.15, 0.2) is 24.3 Å². The Bertz CT molecular complexity index is 399. The Morgan fingerprint density at radius 2 is 2.00 bits per heavy atom. The van der Waals surface area contributed by atoms with Crippen molar-refractivity contribution in [3.63, 3.8) is 0 Å². The molecule has 0 aliphatic carbocycles. The van der Waals surface area contributed by atoms with Crippen molar-refractivity contribution in [2.24, 2.45) is 0 Å². The molecule has 18 heavy (non-hydrogen) atoms. The predicted molar refractivity (Wildman–Crippen MR) is 71.5 cm³/mol. The third-order valence-corrected chi connectivity index (χ3v) is 3.60. The maximum absolute atomic E-state index is 11.1. The average molecular weight is 247 g/mol. The molecule has 1 aromatic rings. The Hall–Kier alpha value is -1.35. The molecular formula is C15H21NO2. The summed E-state index contributed by atoms with van der Waals surface area (Å²) in [5.41, 5.74) is 2.57. The largest absolute Gasteiger partial charge is 0.480 e. The van der Waals surface area contributed by atoms with Gasteiger partial charge in [0.1, 0.15) is 6.04 Å². The molecule has 1 atom stereocenters. The van der Waals surface area contributed by atoms with Crippen LogP contribution in [-0.2, 0) is 17.8 Å². The first-order chi connectivity index (χ1) is 8.70. The normalized spacial score (nSPS) is 20.2. The van der Waals surface area contributed by atoms with Crippen LogP contribution < -0.4 is 0 Å². The van der Waals surface area contributed by atoms with Crippen LogP contribution in [-0.4, -0.2) is 28.6 Å². The molecule has 3 heteroatoms. The van der Waals surface area contributed by atoms with Crippen LogP contribution in [0.25, 0.3) is 0 Å². The van der Waals surface area contributed by atoms with E-state index in [4.69, 9.17) is 5.11 Å². The van der Waals surface area contributed by atoms with E-state index >= 15 is 0 Å². The van der Waals surface area contributed by atoms with E-state index in [0.29, 0.717) is 0 Å². The maximum atomic E-state index is 11.1. The Balaban J connectivity index is 1.98. The second-order valence-electron chi connectivity index (χ2n) is 5.03. The molecule has 1 saturated heterocycles. The van der Waals surface area contributed by atoms with Gasteiger partial charge in [0.15, 0.2) is 0 Å². The van der Waals surface area contributed by atoms with Gasteiger partial charge in [-0.2, -0.15) is 0 Å². The number of benzene rings is 1. The lowest BCUT2D eigenvalue weighted by Crippen LogP contribution is -2.35. The van der Waals surface area contributed by atoms with Crippen LogP contribution in [0.3, 0.4) is 0 Å². The minimum absolute atomic E-state index is 0.291. The summed E-state index contributed by atoms with van der Waals surface area (Å²) in [6.07, 6.45) is 4.04. The van der Waals surface area contributed by atoms with Gasteiger partial charge in [-0.15, -0.1) is 0 Å².